The number of carbonyl (C=O) groups is 1. The van der Waals surface area contributed by atoms with Crippen LogP contribution in [0.4, 0.5) is 17.6 Å². The van der Waals surface area contributed by atoms with Crippen molar-refractivity contribution in [1.82, 2.24) is 20.1 Å². The predicted octanol–water partition coefficient (Wildman–Crippen LogP) is 6.97. The second kappa shape index (κ2) is 14.3. The molecule has 0 unspecified atom stereocenters. The number of fused-ring (bicyclic) bond motifs is 1. The van der Waals surface area contributed by atoms with Gasteiger partial charge in [-0.2, -0.15) is 22.7 Å². The first-order valence-electron chi connectivity index (χ1n) is 14.4. The van der Waals surface area contributed by atoms with Gasteiger partial charge in [0.15, 0.2) is 0 Å². The molecule has 2 aromatic carbocycles. The summed E-state index contributed by atoms with van der Waals surface area (Å²) in [6.07, 6.45) is 1.50. The number of allylic oxidation sites excluding steroid dienone is 2. The predicted molar refractivity (Wildman–Crippen MR) is 159 cm³/mol. The van der Waals surface area contributed by atoms with Crippen molar-refractivity contribution >= 4 is 28.0 Å². The number of carbonyl (C=O) groups excluding carboxylic acids is 1. The first-order valence-corrected chi connectivity index (χ1v) is 14.4. The molecular formula is C33H32F4N4O3. The molecule has 0 bridgehead atoms. The summed E-state index contributed by atoms with van der Waals surface area (Å²) in [4.78, 5) is 18.3. The zero-order valence-electron chi connectivity index (χ0n) is 23.9. The van der Waals surface area contributed by atoms with Crippen LogP contribution in [-0.4, -0.2) is 65.1 Å². The van der Waals surface area contributed by atoms with Crippen LogP contribution >= 0.6 is 0 Å². The lowest BCUT2D eigenvalue weighted by atomic mass is 9.88. The molecule has 1 amide bonds. The minimum Gasteiger partial charge on any atom is -0.478 e. The standard InChI is InChI=1S/C33H32F4N4O3/c34-32-26-20-24(11-13-28(26)39-40-32)31(27(21-33(35,36)37)23-8-4-3-5-9-23)25-12-14-29(38-22-25)44-17-7-2-1-6-10-30(42)41-15-18-43-19-16-41/h3-6,8-14,20,22H,1-2,7,15-19,21H2,(H,39,40)/b10-6+,31-27-. The number of rotatable bonds is 11. The quantitative estimate of drug-likeness (QED) is 0.0861. The highest BCUT2D eigenvalue weighted by atomic mass is 19.4. The van der Waals surface area contributed by atoms with Gasteiger partial charge >= 0.3 is 6.18 Å². The highest BCUT2D eigenvalue weighted by Gasteiger charge is 2.32. The number of hydrogen-bond donors (Lipinski definition) is 1. The first kappa shape index (κ1) is 30.9. The summed E-state index contributed by atoms with van der Waals surface area (Å²) in [6.45, 7) is 2.72. The van der Waals surface area contributed by atoms with E-state index >= 15 is 0 Å². The molecule has 0 spiro atoms. The van der Waals surface area contributed by atoms with Crippen LogP contribution in [-0.2, 0) is 9.53 Å². The fourth-order valence-electron chi connectivity index (χ4n) is 5.05. The fourth-order valence-corrected chi connectivity index (χ4v) is 5.05. The number of aromatic nitrogens is 3. The summed E-state index contributed by atoms with van der Waals surface area (Å²) < 4.78 is 67.2. The smallest absolute Gasteiger partial charge is 0.393 e. The van der Waals surface area contributed by atoms with Crippen LogP contribution in [0.5, 0.6) is 5.88 Å². The normalized spacial score (nSPS) is 14.7. The van der Waals surface area contributed by atoms with Crippen molar-refractivity contribution in [1.29, 1.82) is 0 Å². The molecule has 1 fully saturated rings. The molecule has 1 N–H and O–H groups in total. The molecule has 5 rings (SSSR count). The Kier molecular flexibility index (Phi) is 10.1. The summed E-state index contributed by atoms with van der Waals surface area (Å²) in [7, 11) is 0. The Morgan fingerprint density at radius 3 is 2.50 bits per heavy atom. The van der Waals surface area contributed by atoms with Gasteiger partial charge < -0.3 is 14.4 Å². The summed E-state index contributed by atoms with van der Waals surface area (Å²) in [5, 5.41) is 6.35. The van der Waals surface area contributed by atoms with Gasteiger partial charge in [0.2, 0.25) is 17.7 Å². The van der Waals surface area contributed by atoms with Gasteiger partial charge in [0, 0.05) is 30.9 Å². The highest BCUT2D eigenvalue weighted by molar-refractivity contribution is 6.00. The van der Waals surface area contributed by atoms with Gasteiger partial charge in [0.05, 0.1) is 37.1 Å². The van der Waals surface area contributed by atoms with Crippen molar-refractivity contribution in [3.05, 3.63) is 102 Å². The molecule has 1 aliphatic rings. The highest BCUT2D eigenvalue weighted by Crippen LogP contribution is 2.40. The molecule has 11 heteroatoms. The third-order valence-corrected chi connectivity index (χ3v) is 7.22. The van der Waals surface area contributed by atoms with E-state index in [1.807, 2.05) is 6.08 Å². The summed E-state index contributed by atoms with van der Waals surface area (Å²) in [5.74, 6) is -0.346. The van der Waals surface area contributed by atoms with Gasteiger partial charge in [-0.3, -0.25) is 9.89 Å². The van der Waals surface area contributed by atoms with E-state index < -0.39 is 18.5 Å². The molecule has 0 radical (unpaired) electrons. The van der Waals surface area contributed by atoms with Crippen molar-refractivity contribution in [2.75, 3.05) is 32.9 Å². The van der Waals surface area contributed by atoms with E-state index in [9.17, 15) is 22.4 Å². The minimum absolute atomic E-state index is 0.0114. The molecule has 4 aromatic rings. The number of pyridine rings is 1. The van der Waals surface area contributed by atoms with Crippen LogP contribution in [0.3, 0.4) is 0 Å². The maximum absolute atomic E-state index is 14.4. The van der Waals surface area contributed by atoms with E-state index in [1.165, 1.54) is 12.3 Å². The van der Waals surface area contributed by atoms with Gasteiger partial charge in [0.1, 0.15) is 0 Å². The lowest BCUT2D eigenvalue weighted by molar-refractivity contribution is -0.130. The number of benzene rings is 2. The maximum Gasteiger partial charge on any atom is 0.393 e. The molecule has 0 aliphatic carbocycles. The van der Waals surface area contributed by atoms with Gasteiger partial charge in [-0.05, 0) is 65.8 Å². The molecular weight excluding hydrogens is 576 g/mol. The number of amides is 1. The van der Waals surface area contributed by atoms with Crippen molar-refractivity contribution in [3.63, 3.8) is 0 Å². The average molecular weight is 609 g/mol. The Bertz CT molecular complexity index is 1610. The number of hydrogen-bond acceptors (Lipinski definition) is 5. The van der Waals surface area contributed by atoms with Gasteiger partial charge in [-0.25, -0.2) is 4.98 Å². The van der Waals surface area contributed by atoms with Gasteiger partial charge in [0.25, 0.3) is 0 Å². The van der Waals surface area contributed by atoms with Crippen molar-refractivity contribution in [2.45, 2.75) is 31.9 Å². The summed E-state index contributed by atoms with van der Waals surface area (Å²) >= 11 is 0. The zero-order valence-corrected chi connectivity index (χ0v) is 23.9. The van der Waals surface area contributed by atoms with E-state index in [4.69, 9.17) is 9.47 Å². The van der Waals surface area contributed by atoms with Crippen LogP contribution in [0.2, 0.25) is 0 Å². The largest absolute Gasteiger partial charge is 0.478 e. The van der Waals surface area contributed by atoms with Crippen molar-refractivity contribution < 1.29 is 31.8 Å². The zero-order chi connectivity index (χ0) is 30.9. The van der Waals surface area contributed by atoms with Crippen molar-refractivity contribution in [2.24, 2.45) is 0 Å². The molecule has 230 valence electrons. The molecule has 7 nitrogen and oxygen atoms in total. The Morgan fingerprint density at radius 1 is 1.00 bits per heavy atom. The number of nitrogens with one attached hydrogen (secondary N) is 1. The van der Waals surface area contributed by atoms with Crippen LogP contribution in [0.25, 0.3) is 22.0 Å². The molecule has 0 atom stereocenters. The number of unbranched alkanes of at least 4 members (excludes halogenated alkanes) is 2. The first-order chi connectivity index (χ1) is 21.3. The van der Waals surface area contributed by atoms with Crippen LogP contribution < -0.4 is 4.74 Å². The molecule has 3 heterocycles. The number of alkyl halides is 3. The second-order valence-corrected chi connectivity index (χ2v) is 10.4. The van der Waals surface area contributed by atoms with Crippen LogP contribution in [0.15, 0.2) is 79.0 Å². The van der Waals surface area contributed by atoms with Gasteiger partial charge in [-0.15, -0.1) is 0 Å². The third-order valence-electron chi connectivity index (χ3n) is 7.22. The molecule has 1 aliphatic heterocycles. The number of halogens is 4. The number of aromatic amines is 1. The van der Waals surface area contributed by atoms with Gasteiger partial charge in [-0.1, -0.05) is 42.5 Å². The van der Waals surface area contributed by atoms with E-state index in [0.29, 0.717) is 61.0 Å². The third kappa shape index (κ3) is 8.10. The number of ether oxygens (including phenoxy) is 2. The molecule has 2 aromatic heterocycles. The monoisotopic (exact) mass is 608 g/mol. The Labute approximate surface area is 252 Å². The maximum atomic E-state index is 14.4. The lowest BCUT2D eigenvalue weighted by Crippen LogP contribution is -2.39. The summed E-state index contributed by atoms with van der Waals surface area (Å²) in [5.41, 5.74) is 1.91. The van der Waals surface area contributed by atoms with E-state index in [1.54, 1.807) is 65.6 Å². The molecule has 1 saturated heterocycles. The Balaban J connectivity index is 1.31. The van der Waals surface area contributed by atoms with E-state index in [0.717, 1.165) is 19.3 Å². The SMILES string of the molecule is O=C(/C=C/CCCCOc1ccc(/C(=C(/CC(F)(F)F)c2ccccc2)c2ccc3n[nH]c(F)c3c2)cn1)N1CCOCC1. The second-order valence-electron chi connectivity index (χ2n) is 10.4. The van der Waals surface area contributed by atoms with Crippen LogP contribution in [0.1, 0.15) is 42.4 Å². The Hall–Kier alpha value is -4.51. The molecule has 44 heavy (non-hydrogen) atoms. The number of H-pyrrole nitrogens is 1. The average Bonchev–Trinajstić information content (AvgIpc) is 3.41. The Morgan fingerprint density at radius 2 is 1.77 bits per heavy atom. The van der Waals surface area contributed by atoms with Crippen LogP contribution in [0, 0.1) is 5.95 Å². The number of morpholine rings is 1. The molecule has 0 saturated carbocycles. The van der Waals surface area contributed by atoms with E-state index in [-0.39, 0.29) is 22.4 Å². The number of nitrogens with zero attached hydrogens (tertiary/aromatic N) is 3. The lowest BCUT2D eigenvalue weighted by Gasteiger charge is -2.25. The topological polar surface area (TPSA) is 80.3 Å². The fraction of sp³-hybridized carbons (Fsp3) is 0.303. The van der Waals surface area contributed by atoms with E-state index in [2.05, 4.69) is 15.2 Å². The summed E-state index contributed by atoms with van der Waals surface area (Å²) in [6, 6.07) is 16.3. The van der Waals surface area contributed by atoms with Crippen molar-refractivity contribution in [3.8, 4) is 5.88 Å². The minimum atomic E-state index is -4.50.